The number of hydrogen-bond donors (Lipinski definition) is 4. The van der Waals surface area contributed by atoms with Gasteiger partial charge >= 0.3 is 6.09 Å². The smallest absolute Gasteiger partial charge is 0.415 e. The van der Waals surface area contributed by atoms with E-state index in [9.17, 15) is 19.5 Å². The fourth-order valence-electron chi connectivity index (χ4n) is 3.00. The Hall–Kier alpha value is -3.43. The minimum atomic E-state index is -1.38. The summed E-state index contributed by atoms with van der Waals surface area (Å²) in [6.45, 7) is 1.23. The van der Waals surface area contributed by atoms with E-state index in [4.69, 9.17) is 9.94 Å². The summed E-state index contributed by atoms with van der Waals surface area (Å²) in [4.78, 5) is 37.4. The van der Waals surface area contributed by atoms with Crippen LogP contribution in [-0.4, -0.2) is 53.0 Å². The summed E-state index contributed by atoms with van der Waals surface area (Å²) in [5, 5.41) is 20.6. The van der Waals surface area contributed by atoms with Gasteiger partial charge in [0.2, 0.25) is 0 Å². The molecule has 1 aliphatic rings. The summed E-state index contributed by atoms with van der Waals surface area (Å²) in [7, 11) is 0. The first-order valence-corrected chi connectivity index (χ1v) is 8.96. The van der Waals surface area contributed by atoms with E-state index in [2.05, 4.69) is 5.32 Å². The Balaban J connectivity index is 1.68. The molecule has 1 heterocycles. The first-order chi connectivity index (χ1) is 13.9. The Labute approximate surface area is 166 Å². The van der Waals surface area contributed by atoms with Gasteiger partial charge in [0.1, 0.15) is 6.04 Å². The van der Waals surface area contributed by atoms with E-state index in [-0.39, 0.29) is 6.54 Å². The molecule has 0 aliphatic carbocycles. The lowest BCUT2D eigenvalue weighted by atomic mass is 10.1. The van der Waals surface area contributed by atoms with Gasteiger partial charge in [-0.05, 0) is 30.2 Å². The molecule has 1 aliphatic heterocycles. The van der Waals surface area contributed by atoms with Crippen LogP contribution >= 0.6 is 0 Å². The second-order valence-electron chi connectivity index (χ2n) is 6.60. The minimum absolute atomic E-state index is 0.0530. The number of aliphatic hydroxyl groups excluding tert-OH is 1. The van der Waals surface area contributed by atoms with Crippen molar-refractivity contribution in [3.63, 3.8) is 0 Å². The maximum Gasteiger partial charge on any atom is 0.415 e. The molecule has 3 atom stereocenters. The molecule has 0 spiro atoms. The molecule has 1 saturated heterocycles. The molecule has 1 fully saturated rings. The number of rotatable bonds is 6. The van der Waals surface area contributed by atoms with Crippen molar-refractivity contribution in [2.75, 3.05) is 11.4 Å². The van der Waals surface area contributed by atoms with Crippen LogP contribution in [0.5, 0.6) is 0 Å². The van der Waals surface area contributed by atoms with Crippen molar-refractivity contribution in [3.05, 3.63) is 54.6 Å². The number of nitrogens with one attached hydrogen (secondary N) is 2. The van der Waals surface area contributed by atoms with E-state index in [0.717, 1.165) is 11.1 Å². The Bertz CT molecular complexity index is 885. The second-order valence-corrected chi connectivity index (χ2v) is 6.60. The number of carbonyl (C=O) groups excluding carboxylic acids is 3. The van der Waals surface area contributed by atoms with Gasteiger partial charge in [-0.3, -0.25) is 19.7 Å². The van der Waals surface area contributed by atoms with Crippen LogP contribution in [0, 0.1) is 0 Å². The number of aliphatic hydroxyl groups is 1. The summed E-state index contributed by atoms with van der Waals surface area (Å²) >= 11 is 0. The van der Waals surface area contributed by atoms with E-state index in [1.165, 1.54) is 17.3 Å². The molecular formula is C20H21N3O6. The lowest BCUT2D eigenvalue weighted by molar-refractivity contribution is -0.139. The zero-order valence-electron chi connectivity index (χ0n) is 15.6. The van der Waals surface area contributed by atoms with Gasteiger partial charge in [0.05, 0.1) is 12.6 Å². The molecule has 0 unspecified atom stereocenters. The third kappa shape index (κ3) is 4.53. The molecule has 9 heteroatoms. The molecule has 0 bridgehead atoms. The van der Waals surface area contributed by atoms with Crippen LogP contribution < -0.4 is 15.7 Å². The summed E-state index contributed by atoms with van der Waals surface area (Å²) in [6, 6.07) is 15.6. The van der Waals surface area contributed by atoms with E-state index >= 15 is 0 Å². The van der Waals surface area contributed by atoms with Gasteiger partial charge in [0.25, 0.3) is 11.8 Å². The number of hydrogen-bond acceptors (Lipinski definition) is 6. The molecule has 29 heavy (non-hydrogen) atoms. The number of cyclic esters (lactones) is 1. The zero-order chi connectivity index (χ0) is 21.0. The molecule has 0 radical (unpaired) electrons. The standard InChI is InChI=1S/C20H21N3O6/c1-12(24)17(19(26)22-28)21-18(25)16-11-23(20(27)29-16)15-9-7-14(8-10-15)13-5-3-2-4-6-13/h2-10,12,16-17,24,28H,11H2,1H3,(H,21,25)(H,22,26)/t12-,16-,17+/m1/s1. The van der Waals surface area contributed by atoms with Crippen LogP contribution in [0.3, 0.4) is 0 Å². The number of amides is 3. The highest BCUT2D eigenvalue weighted by atomic mass is 16.6. The van der Waals surface area contributed by atoms with Crippen LogP contribution in [0.15, 0.2) is 54.6 Å². The van der Waals surface area contributed by atoms with Crippen molar-refractivity contribution in [3.8, 4) is 11.1 Å². The predicted octanol–water partition coefficient (Wildman–Crippen LogP) is 1.05. The topological polar surface area (TPSA) is 128 Å². The number of carbonyl (C=O) groups is 3. The molecule has 3 rings (SSSR count). The summed E-state index contributed by atoms with van der Waals surface area (Å²) in [5.41, 5.74) is 3.94. The fraction of sp³-hybridized carbons (Fsp3) is 0.250. The van der Waals surface area contributed by atoms with Gasteiger partial charge in [0, 0.05) is 5.69 Å². The summed E-state index contributed by atoms with van der Waals surface area (Å²) in [6.07, 6.45) is -3.12. The van der Waals surface area contributed by atoms with Crippen LogP contribution in [0.4, 0.5) is 10.5 Å². The lowest BCUT2D eigenvalue weighted by Gasteiger charge is -2.20. The maximum absolute atomic E-state index is 12.4. The van der Waals surface area contributed by atoms with Crippen LogP contribution in [0.1, 0.15) is 6.92 Å². The maximum atomic E-state index is 12.4. The number of ether oxygens (including phenoxy) is 1. The Kier molecular flexibility index (Phi) is 6.10. The number of benzene rings is 2. The average molecular weight is 399 g/mol. The van der Waals surface area contributed by atoms with Crippen molar-refractivity contribution in [1.82, 2.24) is 10.8 Å². The highest BCUT2D eigenvalue weighted by molar-refractivity contribution is 5.97. The average Bonchev–Trinajstić information content (AvgIpc) is 3.13. The molecule has 2 aromatic carbocycles. The van der Waals surface area contributed by atoms with E-state index in [0.29, 0.717) is 5.69 Å². The zero-order valence-corrected chi connectivity index (χ0v) is 15.6. The highest BCUT2D eigenvalue weighted by Gasteiger charge is 2.39. The van der Waals surface area contributed by atoms with Crippen LogP contribution in [0.25, 0.3) is 11.1 Å². The third-order valence-electron chi connectivity index (χ3n) is 4.56. The third-order valence-corrected chi connectivity index (χ3v) is 4.56. The molecule has 152 valence electrons. The molecule has 2 aromatic rings. The Morgan fingerprint density at radius 1 is 1.10 bits per heavy atom. The van der Waals surface area contributed by atoms with Crippen molar-refractivity contribution in [2.24, 2.45) is 0 Å². The molecule has 4 N–H and O–H groups in total. The van der Waals surface area contributed by atoms with E-state index in [1.54, 1.807) is 12.1 Å². The second kappa shape index (κ2) is 8.72. The van der Waals surface area contributed by atoms with Gasteiger partial charge in [-0.25, -0.2) is 10.3 Å². The summed E-state index contributed by atoms with van der Waals surface area (Å²) in [5.74, 6) is -1.73. The van der Waals surface area contributed by atoms with Gasteiger partial charge in [-0.1, -0.05) is 42.5 Å². The van der Waals surface area contributed by atoms with Crippen molar-refractivity contribution < 1.29 is 29.4 Å². The molecule has 0 aromatic heterocycles. The number of nitrogens with zero attached hydrogens (tertiary/aromatic N) is 1. The Morgan fingerprint density at radius 2 is 1.72 bits per heavy atom. The van der Waals surface area contributed by atoms with Crippen molar-refractivity contribution in [2.45, 2.75) is 25.2 Å². The molecular weight excluding hydrogens is 378 g/mol. The SMILES string of the molecule is C[C@@H](O)[C@H](NC(=O)[C@H]1CN(c2ccc(-c3ccccc3)cc2)C(=O)O1)C(=O)NO. The first kappa shape index (κ1) is 20.3. The normalized spacial score (nSPS) is 18.0. The van der Waals surface area contributed by atoms with Crippen molar-refractivity contribution in [1.29, 1.82) is 0 Å². The Morgan fingerprint density at radius 3 is 2.31 bits per heavy atom. The lowest BCUT2D eigenvalue weighted by Crippen LogP contribution is -2.54. The number of anilines is 1. The van der Waals surface area contributed by atoms with E-state index in [1.807, 2.05) is 42.5 Å². The van der Waals surface area contributed by atoms with Gasteiger partial charge in [0.15, 0.2) is 6.10 Å². The van der Waals surface area contributed by atoms with Crippen LogP contribution in [0.2, 0.25) is 0 Å². The van der Waals surface area contributed by atoms with E-state index < -0.39 is 36.2 Å². The molecule has 0 saturated carbocycles. The number of hydroxylamine groups is 1. The van der Waals surface area contributed by atoms with Crippen LogP contribution in [-0.2, 0) is 14.3 Å². The fourth-order valence-corrected chi connectivity index (χ4v) is 3.00. The minimum Gasteiger partial charge on any atom is -0.434 e. The van der Waals surface area contributed by atoms with Gasteiger partial charge < -0.3 is 15.2 Å². The highest BCUT2D eigenvalue weighted by Crippen LogP contribution is 2.26. The van der Waals surface area contributed by atoms with Crippen molar-refractivity contribution >= 4 is 23.6 Å². The van der Waals surface area contributed by atoms with Gasteiger partial charge in [-0.2, -0.15) is 0 Å². The monoisotopic (exact) mass is 399 g/mol. The first-order valence-electron chi connectivity index (χ1n) is 8.96. The summed E-state index contributed by atoms with van der Waals surface area (Å²) < 4.78 is 5.10. The predicted molar refractivity (Wildman–Crippen MR) is 103 cm³/mol. The van der Waals surface area contributed by atoms with Gasteiger partial charge in [-0.15, -0.1) is 0 Å². The largest absolute Gasteiger partial charge is 0.434 e. The quantitative estimate of drug-likeness (QED) is 0.425. The molecule has 3 amide bonds. The molecule has 9 nitrogen and oxygen atoms in total.